The largest absolute Gasteiger partial charge is 0.382 e. The van der Waals surface area contributed by atoms with Crippen LogP contribution >= 0.6 is 7.26 Å². The SMILES string of the molecule is C=CC1=C(C)c2cc3[nH]c(c4c5[nH]c(cc6nc(cc1n2)C(C)=C6CC)c(C)c5C(=O)N(CCOCCOC)C4=O)C(CCC(=O)NCCC[P+](c1ccccc1)(c1ccccc1)c1ccccc1)[C@@H]3C. The van der Waals surface area contributed by atoms with Crippen LogP contribution in [0.1, 0.15) is 126 Å². The minimum Gasteiger partial charge on any atom is -0.382 e. The number of carbonyl (C=O) groups is 3. The molecule has 3 N–H and O–H groups in total. The molecular formula is C59H64N6O5P+. The first kappa shape index (κ1) is 49.2. The average molecular weight is 968 g/mol. The van der Waals surface area contributed by atoms with Crippen LogP contribution in [0.4, 0.5) is 0 Å². The molecule has 0 spiro atoms. The van der Waals surface area contributed by atoms with Gasteiger partial charge >= 0.3 is 0 Å². The van der Waals surface area contributed by atoms with Crippen LogP contribution in [-0.2, 0) is 14.3 Å². The summed E-state index contributed by atoms with van der Waals surface area (Å²) >= 11 is 0. The van der Waals surface area contributed by atoms with Crippen LogP contribution < -0.4 is 21.2 Å². The molecule has 71 heavy (non-hydrogen) atoms. The number of amides is 3. The van der Waals surface area contributed by atoms with Crippen molar-refractivity contribution in [1.29, 1.82) is 0 Å². The quantitative estimate of drug-likeness (QED) is 0.0451. The molecular weight excluding hydrogens is 904 g/mol. The van der Waals surface area contributed by atoms with Crippen molar-refractivity contribution < 1.29 is 23.9 Å². The Balaban J connectivity index is 1.09. The first-order valence-corrected chi connectivity index (χ1v) is 26.8. The van der Waals surface area contributed by atoms with Gasteiger partial charge in [0.2, 0.25) is 5.91 Å². The summed E-state index contributed by atoms with van der Waals surface area (Å²) in [5, 5.41) is 7.22. The molecule has 8 bridgehead atoms. The van der Waals surface area contributed by atoms with Gasteiger partial charge in [-0.3, -0.25) is 19.3 Å². The Morgan fingerprint density at radius 3 is 2.03 bits per heavy atom. The van der Waals surface area contributed by atoms with Gasteiger partial charge < -0.3 is 24.8 Å². The number of nitrogens with zero attached hydrogens (tertiary/aromatic N) is 3. The Morgan fingerprint density at radius 1 is 0.789 bits per heavy atom. The van der Waals surface area contributed by atoms with Gasteiger partial charge in [0.05, 0.1) is 71.9 Å². The number of benzene rings is 3. The molecule has 3 amide bonds. The molecule has 0 radical (unpaired) electrons. The lowest BCUT2D eigenvalue weighted by Gasteiger charge is -2.28. The van der Waals surface area contributed by atoms with E-state index < -0.39 is 13.2 Å². The zero-order valence-electron chi connectivity index (χ0n) is 41.7. The van der Waals surface area contributed by atoms with Gasteiger partial charge in [0, 0.05) is 54.4 Å². The van der Waals surface area contributed by atoms with E-state index in [4.69, 9.17) is 19.4 Å². The number of methoxy groups -OCH3 is 1. The summed E-state index contributed by atoms with van der Waals surface area (Å²) in [6.07, 6.45) is 4.94. The van der Waals surface area contributed by atoms with Gasteiger partial charge in [0.1, 0.15) is 23.2 Å². The maximum absolute atomic E-state index is 15.1. The number of fused-ring (bicyclic) bond motifs is 8. The van der Waals surface area contributed by atoms with E-state index in [-0.39, 0.29) is 43.2 Å². The Morgan fingerprint density at radius 2 is 1.41 bits per heavy atom. The smallest absolute Gasteiger partial charge is 0.264 e. The number of carbonyl (C=O) groups excluding carboxylic acids is 3. The third-order valence-corrected chi connectivity index (χ3v) is 19.2. The molecule has 9 rings (SSSR count). The Bertz CT molecular complexity index is 3040. The topological polar surface area (TPSA) is 142 Å². The standard InChI is InChI=1S/C59H63N6O5P/c1-8-44-37(3)47-34-49-39(5)46(26-27-53(66)60-28-19-33-71(41-20-13-10-14-21-41,42-22-15-11-16-23-42)43-24-17-12-18-25-43)56(63-49)55-57-54(58(67)65(59(55)68)29-30-70-32-31-69-7)40(6)50(64-57)36-52-45(9-2)38(4)48(62-52)35-51(44)61-47/h8,10-18,20-25,34-36,39,46H,1,9,19,26-33H2,2-7H3,(H2-,60,61,62,63,64,66,67,68)/p+1/t39-,46?/m0/s1. The third-order valence-electron chi connectivity index (χ3n) is 14.7. The molecule has 6 heterocycles. The summed E-state index contributed by atoms with van der Waals surface area (Å²) in [5.74, 6) is -1.31. The van der Waals surface area contributed by atoms with Crippen LogP contribution in [0.25, 0.3) is 33.3 Å². The molecule has 2 aromatic heterocycles. The molecule has 2 atom stereocenters. The molecule has 0 saturated carbocycles. The summed E-state index contributed by atoms with van der Waals surface area (Å²) in [5.41, 5.74) is 11.5. The number of aromatic nitrogens is 4. The summed E-state index contributed by atoms with van der Waals surface area (Å²) in [7, 11) is -0.463. The first-order chi connectivity index (χ1) is 34.5. The van der Waals surface area contributed by atoms with Crippen molar-refractivity contribution in [2.75, 3.05) is 46.2 Å². The highest BCUT2D eigenvalue weighted by Gasteiger charge is 2.45. The van der Waals surface area contributed by atoms with Crippen molar-refractivity contribution in [1.82, 2.24) is 30.2 Å². The van der Waals surface area contributed by atoms with E-state index in [1.165, 1.54) is 20.8 Å². The molecule has 0 aliphatic carbocycles. The van der Waals surface area contributed by atoms with Gasteiger partial charge in [-0.25, -0.2) is 9.97 Å². The van der Waals surface area contributed by atoms with Crippen LogP contribution in [0.5, 0.6) is 0 Å². The van der Waals surface area contributed by atoms with Gasteiger partial charge in [-0.15, -0.1) is 0 Å². The number of allylic oxidation sites excluding steroid dienone is 5. The highest BCUT2D eigenvalue weighted by atomic mass is 31.2. The van der Waals surface area contributed by atoms with Crippen LogP contribution in [0.15, 0.2) is 122 Å². The van der Waals surface area contributed by atoms with E-state index in [0.29, 0.717) is 54.0 Å². The zero-order chi connectivity index (χ0) is 49.8. The molecule has 11 nitrogen and oxygen atoms in total. The highest BCUT2D eigenvalue weighted by molar-refractivity contribution is 7.95. The Kier molecular flexibility index (Phi) is 14.8. The van der Waals surface area contributed by atoms with E-state index in [1.807, 2.05) is 32.1 Å². The predicted molar refractivity (Wildman–Crippen MR) is 289 cm³/mol. The fourth-order valence-corrected chi connectivity index (χ4v) is 15.2. The van der Waals surface area contributed by atoms with Crippen molar-refractivity contribution in [2.45, 2.75) is 72.1 Å². The second-order valence-corrected chi connectivity index (χ2v) is 22.3. The Labute approximate surface area is 417 Å². The molecule has 364 valence electrons. The minimum atomic E-state index is -2.07. The number of imide groups is 1. The number of nitrogens with one attached hydrogen (secondary N) is 3. The molecule has 4 aliphatic rings. The van der Waals surface area contributed by atoms with Crippen molar-refractivity contribution in [3.8, 4) is 0 Å². The summed E-state index contributed by atoms with van der Waals surface area (Å²) < 4.78 is 11.0. The highest BCUT2D eigenvalue weighted by Crippen LogP contribution is 2.55. The lowest BCUT2D eigenvalue weighted by Crippen LogP contribution is -2.43. The number of hydrogen-bond acceptors (Lipinski definition) is 7. The molecule has 0 fully saturated rings. The number of H-pyrrole nitrogens is 2. The van der Waals surface area contributed by atoms with E-state index >= 15 is 4.79 Å². The van der Waals surface area contributed by atoms with Gasteiger partial charge in [0.25, 0.3) is 11.8 Å². The summed E-state index contributed by atoms with van der Waals surface area (Å²) in [6.45, 7) is 15.9. The van der Waals surface area contributed by atoms with E-state index in [2.05, 4.69) is 140 Å². The molecule has 1 unspecified atom stereocenters. The second-order valence-electron chi connectivity index (χ2n) is 18.7. The zero-order valence-corrected chi connectivity index (χ0v) is 42.6. The number of aromatic amines is 2. The molecule has 3 aromatic carbocycles. The van der Waals surface area contributed by atoms with Crippen LogP contribution in [0.3, 0.4) is 0 Å². The molecule has 4 aliphatic heterocycles. The predicted octanol–water partition coefficient (Wildman–Crippen LogP) is 10.2. The van der Waals surface area contributed by atoms with Crippen LogP contribution in [-0.4, -0.2) is 88.7 Å². The Hall–Kier alpha value is -6.78. The third kappa shape index (κ3) is 9.35. The van der Waals surface area contributed by atoms with Crippen molar-refractivity contribution in [3.05, 3.63) is 173 Å². The molecule has 12 heteroatoms. The lowest BCUT2D eigenvalue weighted by molar-refractivity contribution is -0.121. The van der Waals surface area contributed by atoms with E-state index in [1.54, 1.807) is 7.11 Å². The fraction of sp³-hybridized carbons (Fsp3) is 0.305. The van der Waals surface area contributed by atoms with Gasteiger partial charge in [-0.1, -0.05) is 81.1 Å². The van der Waals surface area contributed by atoms with Gasteiger partial charge in [0.15, 0.2) is 0 Å². The number of ether oxygens (including phenoxy) is 2. The summed E-state index contributed by atoms with van der Waals surface area (Å²) in [6, 6.07) is 38.5. The van der Waals surface area contributed by atoms with Crippen molar-refractivity contribution in [3.63, 3.8) is 0 Å². The fourth-order valence-electron chi connectivity index (χ4n) is 10.8. The molecule has 0 saturated heterocycles. The summed E-state index contributed by atoms with van der Waals surface area (Å²) in [4.78, 5) is 62.7. The van der Waals surface area contributed by atoms with Crippen LogP contribution in [0.2, 0.25) is 0 Å². The van der Waals surface area contributed by atoms with E-state index in [0.717, 1.165) is 75.3 Å². The second kappa shape index (κ2) is 21.3. The number of rotatable bonds is 18. The normalized spacial score (nSPS) is 16.2. The maximum Gasteiger partial charge on any atom is 0.264 e. The number of aryl methyl sites for hydroxylation is 1. The van der Waals surface area contributed by atoms with E-state index in [9.17, 15) is 9.59 Å². The molecule has 5 aromatic rings. The number of hydrogen-bond donors (Lipinski definition) is 3. The van der Waals surface area contributed by atoms with Crippen molar-refractivity contribution in [2.24, 2.45) is 0 Å². The lowest BCUT2D eigenvalue weighted by atomic mass is 9.84. The maximum atomic E-state index is 15.1. The average Bonchev–Trinajstić information content (AvgIpc) is 4.07. The van der Waals surface area contributed by atoms with Gasteiger partial charge in [-0.05, 0) is 117 Å². The van der Waals surface area contributed by atoms with Crippen LogP contribution in [0, 0.1) is 6.92 Å². The first-order valence-electron chi connectivity index (χ1n) is 24.9. The van der Waals surface area contributed by atoms with Crippen molar-refractivity contribution >= 4 is 74.2 Å². The van der Waals surface area contributed by atoms with Gasteiger partial charge in [-0.2, -0.15) is 0 Å². The minimum absolute atomic E-state index is 0.0542. The monoisotopic (exact) mass is 967 g/mol.